The number of aromatic nitrogens is 2. The molecule has 3 heterocycles. The molecule has 0 aliphatic carbocycles. The summed E-state index contributed by atoms with van der Waals surface area (Å²) in [5, 5.41) is 8.51. The number of amides is 2. The molecule has 1 fully saturated rings. The summed E-state index contributed by atoms with van der Waals surface area (Å²) in [7, 11) is 0. The molecule has 6 rings (SSSR count). The van der Waals surface area contributed by atoms with E-state index in [1.165, 1.54) is 0 Å². The van der Waals surface area contributed by atoms with Crippen molar-refractivity contribution in [1.82, 2.24) is 14.7 Å². The van der Waals surface area contributed by atoms with Gasteiger partial charge < -0.3 is 35.9 Å². The second-order valence-corrected chi connectivity index (χ2v) is 11.8. The summed E-state index contributed by atoms with van der Waals surface area (Å²) in [6.45, 7) is 3.78. The molecule has 2 amide bonds. The number of hydrogen-bond donors (Lipinski definition) is 3. The van der Waals surface area contributed by atoms with E-state index in [0.717, 1.165) is 47.5 Å². The first kappa shape index (κ1) is 32.2. The minimum Gasteiger partial charge on any atom is -0.457 e. The highest BCUT2D eigenvalue weighted by molar-refractivity contribution is 6.05. The van der Waals surface area contributed by atoms with Gasteiger partial charge in [0.15, 0.2) is 0 Å². The largest absolute Gasteiger partial charge is 0.457 e. The van der Waals surface area contributed by atoms with Crippen molar-refractivity contribution in [2.45, 2.75) is 25.3 Å². The van der Waals surface area contributed by atoms with Gasteiger partial charge in [0.05, 0.1) is 25.9 Å². The van der Waals surface area contributed by atoms with E-state index >= 15 is 0 Å². The lowest BCUT2D eigenvalue weighted by Gasteiger charge is -2.38. The molecule has 3 aromatic carbocycles. The van der Waals surface area contributed by atoms with E-state index in [4.69, 9.17) is 30.8 Å². The van der Waals surface area contributed by atoms with Gasteiger partial charge in [-0.05, 0) is 60.6 Å². The Hall–Kier alpha value is -4.71. The standard InChI is InChI=1S/C36H42N6O5/c37-17-21-45-22-23-46-24-32(43)41-19-15-26(16-20-41)31-14-18-39-36-33(35(38)44)34(40-42(31)36)30-9-5-4-8-29(30)25-10-12-28(13-11-25)47-27-6-2-1-3-7-27/h1-13,26,31,39H,14-24,37H2,(H2,38,44). The van der Waals surface area contributed by atoms with Crippen molar-refractivity contribution < 1.29 is 23.8 Å². The number of ether oxygens (including phenoxy) is 3. The minimum atomic E-state index is -0.523. The normalized spacial score (nSPS) is 16.4. The molecule has 1 unspecified atom stereocenters. The van der Waals surface area contributed by atoms with Crippen LogP contribution in [-0.2, 0) is 14.3 Å². The number of hydrogen-bond acceptors (Lipinski definition) is 8. The molecule has 1 aromatic heterocycles. The molecule has 0 bridgehead atoms. The Bertz CT molecular complexity index is 1650. The first-order valence-corrected chi connectivity index (χ1v) is 16.3. The molecule has 0 spiro atoms. The number of carbonyl (C=O) groups is 2. The number of para-hydroxylation sites is 1. The van der Waals surface area contributed by atoms with Crippen LogP contribution in [0.5, 0.6) is 11.5 Å². The molecular formula is C36H42N6O5. The van der Waals surface area contributed by atoms with Crippen molar-refractivity contribution in [2.75, 3.05) is 57.9 Å². The Kier molecular flexibility index (Phi) is 10.5. The third kappa shape index (κ3) is 7.48. The fraction of sp³-hybridized carbons (Fsp3) is 0.361. The van der Waals surface area contributed by atoms with Crippen LogP contribution < -0.4 is 21.5 Å². The average Bonchev–Trinajstić information content (AvgIpc) is 3.51. The second-order valence-electron chi connectivity index (χ2n) is 11.8. The molecule has 5 N–H and O–H groups in total. The van der Waals surface area contributed by atoms with E-state index in [1.807, 2.05) is 88.4 Å². The van der Waals surface area contributed by atoms with Gasteiger partial charge in [0, 0.05) is 31.7 Å². The van der Waals surface area contributed by atoms with Gasteiger partial charge in [-0.25, -0.2) is 4.68 Å². The van der Waals surface area contributed by atoms with Crippen molar-refractivity contribution in [3.05, 3.63) is 84.4 Å². The lowest BCUT2D eigenvalue weighted by atomic mass is 9.87. The predicted octanol–water partition coefficient (Wildman–Crippen LogP) is 4.70. The maximum atomic E-state index is 13.0. The summed E-state index contributed by atoms with van der Waals surface area (Å²) in [5.41, 5.74) is 15.1. The Morgan fingerprint density at radius 1 is 0.830 bits per heavy atom. The van der Waals surface area contributed by atoms with Gasteiger partial charge in [-0.15, -0.1) is 0 Å². The number of likely N-dealkylation sites (tertiary alicyclic amines) is 1. The molecule has 11 nitrogen and oxygen atoms in total. The lowest BCUT2D eigenvalue weighted by molar-refractivity contribution is -0.138. The van der Waals surface area contributed by atoms with E-state index in [-0.39, 0.29) is 18.6 Å². The van der Waals surface area contributed by atoms with Crippen molar-refractivity contribution in [1.29, 1.82) is 0 Å². The zero-order valence-corrected chi connectivity index (χ0v) is 26.5. The van der Waals surface area contributed by atoms with Gasteiger partial charge in [-0.2, -0.15) is 5.10 Å². The quantitative estimate of drug-likeness (QED) is 0.179. The van der Waals surface area contributed by atoms with Gasteiger partial charge >= 0.3 is 0 Å². The van der Waals surface area contributed by atoms with Crippen LogP contribution in [0.25, 0.3) is 22.4 Å². The average molecular weight is 639 g/mol. The van der Waals surface area contributed by atoms with E-state index in [1.54, 1.807) is 0 Å². The van der Waals surface area contributed by atoms with E-state index in [2.05, 4.69) is 5.32 Å². The summed E-state index contributed by atoms with van der Waals surface area (Å²) >= 11 is 0. The minimum absolute atomic E-state index is 0.0121. The molecule has 1 atom stereocenters. The topological polar surface area (TPSA) is 147 Å². The van der Waals surface area contributed by atoms with E-state index in [0.29, 0.717) is 69.0 Å². The Balaban J connectivity index is 1.19. The van der Waals surface area contributed by atoms with Crippen LogP contribution >= 0.6 is 0 Å². The molecule has 11 heteroatoms. The van der Waals surface area contributed by atoms with E-state index in [9.17, 15) is 9.59 Å². The van der Waals surface area contributed by atoms with Crippen LogP contribution in [0.15, 0.2) is 78.9 Å². The van der Waals surface area contributed by atoms with Crippen molar-refractivity contribution in [3.63, 3.8) is 0 Å². The van der Waals surface area contributed by atoms with Crippen molar-refractivity contribution in [3.8, 4) is 33.9 Å². The predicted molar refractivity (Wildman–Crippen MR) is 180 cm³/mol. The van der Waals surface area contributed by atoms with Crippen LogP contribution in [0, 0.1) is 5.92 Å². The summed E-state index contributed by atoms with van der Waals surface area (Å²) in [6.07, 6.45) is 2.54. The van der Waals surface area contributed by atoms with E-state index < -0.39 is 5.91 Å². The van der Waals surface area contributed by atoms with Crippen LogP contribution in [0.1, 0.15) is 35.7 Å². The Labute approximate surface area is 274 Å². The van der Waals surface area contributed by atoms with Crippen molar-refractivity contribution >= 4 is 17.6 Å². The van der Waals surface area contributed by atoms with Gasteiger partial charge in [0.1, 0.15) is 35.2 Å². The van der Waals surface area contributed by atoms with Gasteiger partial charge in [-0.3, -0.25) is 9.59 Å². The lowest BCUT2D eigenvalue weighted by Crippen LogP contribution is -2.43. The number of primary amides is 1. The fourth-order valence-electron chi connectivity index (χ4n) is 6.52. The second kappa shape index (κ2) is 15.3. The molecule has 47 heavy (non-hydrogen) atoms. The zero-order valence-electron chi connectivity index (χ0n) is 26.5. The maximum absolute atomic E-state index is 13.0. The number of nitrogens with zero attached hydrogens (tertiary/aromatic N) is 3. The summed E-state index contributed by atoms with van der Waals surface area (Å²) in [5.74, 6) is 1.92. The van der Waals surface area contributed by atoms with Crippen molar-refractivity contribution in [2.24, 2.45) is 17.4 Å². The van der Waals surface area contributed by atoms with Crippen LogP contribution in [-0.4, -0.2) is 79.1 Å². The monoisotopic (exact) mass is 638 g/mol. The van der Waals surface area contributed by atoms with Gasteiger partial charge in [0.2, 0.25) is 5.91 Å². The van der Waals surface area contributed by atoms with Gasteiger partial charge in [0.25, 0.3) is 5.91 Å². The third-order valence-electron chi connectivity index (χ3n) is 8.83. The number of nitrogens with two attached hydrogens (primary N) is 2. The number of benzene rings is 3. The molecule has 246 valence electrons. The molecule has 2 aliphatic heterocycles. The van der Waals surface area contributed by atoms with Gasteiger partial charge in [-0.1, -0.05) is 54.6 Å². The Morgan fingerprint density at radius 3 is 2.23 bits per heavy atom. The number of anilines is 1. The highest BCUT2D eigenvalue weighted by atomic mass is 16.5. The van der Waals surface area contributed by atoms with Crippen LogP contribution in [0.4, 0.5) is 5.82 Å². The smallest absolute Gasteiger partial charge is 0.254 e. The molecule has 0 saturated carbocycles. The molecule has 2 aliphatic rings. The number of carbonyl (C=O) groups excluding carboxylic acids is 2. The fourth-order valence-corrected chi connectivity index (χ4v) is 6.52. The summed E-state index contributed by atoms with van der Waals surface area (Å²) in [6, 6.07) is 25.6. The number of fused-ring (bicyclic) bond motifs is 1. The highest BCUT2D eigenvalue weighted by Crippen LogP contribution is 2.42. The third-order valence-corrected chi connectivity index (χ3v) is 8.83. The maximum Gasteiger partial charge on any atom is 0.254 e. The summed E-state index contributed by atoms with van der Waals surface area (Å²) < 4.78 is 18.8. The number of nitrogens with one attached hydrogen (secondary N) is 1. The number of piperidine rings is 1. The molecule has 0 radical (unpaired) electrons. The van der Waals surface area contributed by atoms with Crippen LogP contribution in [0.2, 0.25) is 0 Å². The molecular weight excluding hydrogens is 596 g/mol. The summed E-state index contributed by atoms with van der Waals surface area (Å²) in [4.78, 5) is 27.6. The zero-order chi connectivity index (χ0) is 32.6. The van der Waals surface area contributed by atoms with Crippen LogP contribution in [0.3, 0.4) is 0 Å². The molecule has 1 saturated heterocycles. The number of rotatable bonds is 13. The first-order valence-electron chi connectivity index (χ1n) is 16.3. The molecule has 4 aromatic rings. The SMILES string of the molecule is NCCOCCOCC(=O)N1CCC(C2CCNc3c(C(N)=O)c(-c4ccccc4-c4ccc(Oc5ccccc5)cc4)nn32)CC1. The highest BCUT2D eigenvalue weighted by Gasteiger charge is 2.36. The Morgan fingerprint density at radius 2 is 1.51 bits per heavy atom. The first-order chi connectivity index (χ1) is 23.0.